The van der Waals surface area contributed by atoms with E-state index in [-0.39, 0.29) is 11.7 Å². The van der Waals surface area contributed by atoms with Gasteiger partial charge >= 0.3 is 0 Å². The van der Waals surface area contributed by atoms with E-state index in [9.17, 15) is 4.79 Å². The molecule has 132 valence electrons. The third kappa shape index (κ3) is 4.72. The molecule has 9 heteroatoms. The molecule has 1 heterocycles. The van der Waals surface area contributed by atoms with Gasteiger partial charge in [0.2, 0.25) is 11.1 Å². The molecule has 25 heavy (non-hydrogen) atoms. The van der Waals surface area contributed by atoms with Gasteiger partial charge < -0.3 is 11.2 Å². The number of nitrogens with zero attached hydrogens (tertiary/aromatic N) is 4. The van der Waals surface area contributed by atoms with Crippen molar-refractivity contribution in [2.75, 3.05) is 22.3 Å². The van der Waals surface area contributed by atoms with Gasteiger partial charge in [-0.2, -0.15) is 5.10 Å². The van der Waals surface area contributed by atoms with Crippen LogP contribution in [0, 0.1) is 6.92 Å². The van der Waals surface area contributed by atoms with Crippen molar-refractivity contribution < 1.29 is 4.79 Å². The molecule has 1 saturated carbocycles. The molecule has 0 spiro atoms. The number of hydrazone groups is 1. The van der Waals surface area contributed by atoms with Crippen molar-refractivity contribution >= 4 is 35.0 Å². The first-order valence-electron chi connectivity index (χ1n) is 8.13. The number of nitrogens with one attached hydrogen (secondary N) is 2. The Morgan fingerprint density at radius 2 is 2.16 bits per heavy atom. The summed E-state index contributed by atoms with van der Waals surface area (Å²) in [5, 5.41) is 15.6. The number of rotatable bonds is 6. The molecule has 1 amide bonds. The van der Waals surface area contributed by atoms with Crippen LogP contribution in [0.25, 0.3) is 0 Å². The first-order chi connectivity index (χ1) is 12.1. The third-order valence-electron chi connectivity index (χ3n) is 3.79. The fourth-order valence-corrected chi connectivity index (χ4v) is 3.18. The number of carbonyl (C=O) groups is 1. The van der Waals surface area contributed by atoms with Gasteiger partial charge in [-0.3, -0.25) is 4.79 Å². The van der Waals surface area contributed by atoms with Crippen molar-refractivity contribution in [3.63, 3.8) is 0 Å². The molecule has 1 fully saturated rings. The molecule has 8 nitrogen and oxygen atoms in total. The lowest BCUT2D eigenvalue weighted by atomic mass is 10.2. The summed E-state index contributed by atoms with van der Waals surface area (Å²) in [6.45, 7) is 1.98. The maximum atomic E-state index is 12.0. The molecular weight excluding hydrogens is 338 g/mol. The van der Waals surface area contributed by atoms with Crippen LogP contribution in [-0.4, -0.2) is 32.2 Å². The van der Waals surface area contributed by atoms with Gasteiger partial charge in [-0.15, -0.1) is 10.2 Å². The Bertz CT molecular complexity index is 779. The number of nitrogen functional groups attached to an aromatic ring is 1. The molecule has 1 aliphatic rings. The molecule has 1 aliphatic carbocycles. The van der Waals surface area contributed by atoms with Gasteiger partial charge in [0.25, 0.3) is 5.95 Å². The summed E-state index contributed by atoms with van der Waals surface area (Å²) in [5.41, 5.74) is 5.83. The molecule has 0 atom stereocenters. The van der Waals surface area contributed by atoms with E-state index in [0.717, 1.165) is 29.8 Å². The minimum atomic E-state index is -0.126. The second kappa shape index (κ2) is 8.02. The second-order valence-electron chi connectivity index (χ2n) is 5.88. The van der Waals surface area contributed by atoms with Gasteiger partial charge in [-0.1, -0.05) is 23.9 Å². The van der Waals surface area contributed by atoms with Crippen LogP contribution in [0.1, 0.15) is 31.2 Å². The van der Waals surface area contributed by atoms with Crippen LogP contribution in [0.3, 0.4) is 0 Å². The first kappa shape index (κ1) is 17.3. The van der Waals surface area contributed by atoms with E-state index in [1.807, 2.05) is 31.2 Å². The molecule has 0 saturated heterocycles. The summed E-state index contributed by atoms with van der Waals surface area (Å²) in [5.74, 6) is 6.38. The topological polar surface area (TPSA) is 110 Å². The Balaban J connectivity index is 1.52. The molecule has 1 aromatic heterocycles. The van der Waals surface area contributed by atoms with Gasteiger partial charge in [0.1, 0.15) is 0 Å². The Morgan fingerprint density at radius 1 is 1.36 bits per heavy atom. The van der Waals surface area contributed by atoms with Gasteiger partial charge in [-0.05, 0) is 50.3 Å². The normalized spacial score (nSPS) is 13.7. The van der Waals surface area contributed by atoms with Crippen LogP contribution in [0.4, 0.5) is 11.6 Å². The maximum Gasteiger partial charge on any atom is 0.264 e. The van der Waals surface area contributed by atoms with Crippen molar-refractivity contribution in [1.29, 1.82) is 0 Å². The molecule has 4 N–H and O–H groups in total. The highest BCUT2D eigenvalue weighted by atomic mass is 32.2. The van der Waals surface area contributed by atoms with Crippen LogP contribution in [0.2, 0.25) is 0 Å². The smallest absolute Gasteiger partial charge is 0.264 e. The predicted molar refractivity (Wildman–Crippen MR) is 100 cm³/mol. The fraction of sp³-hybridized carbons (Fsp3) is 0.375. The largest absolute Gasteiger partial charge is 0.334 e. The van der Waals surface area contributed by atoms with E-state index in [2.05, 4.69) is 26.0 Å². The summed E-state index contributed by atoms with van der Waals surface area (Å²) in [7, 11) is 0. The van der Waals surface area contributed by atoms with Gasteiger partial charge in [0.05, 0.1) is 5.75 Å². The zero-order valence-electron chi connectivity index (χ0n) is 14.0. The Hall–Kier alpha value is -2.55. The van der Waals surface area contributed by atoms with E-state index in [1.54, 1.807) is 0 Å². The van der Waals surface area contributed by atoms with Gasteiger partial charge in [0.15, 0.2) is 0 Å². The number of benzene rings is 1. The van der Waals surface area contributed by atoms with Crippen molar-refractivity contribution in [1.82, 2.24) is 14.9 Å². The lowest BCUT2D eigenvalue weighted by molar-refractivity contribution is -0.113. The summed E-state index contributed by atoms with van der Waals surface area (Å²) in [6, 6.07) is 7.65. The molecule has 3 rings (SSSR count). The number of nitrogens with two attached hydrogens (primary N) is 1. The van der Waals surface area contributed by atoms with E-state index >= 15 is 0 Å². The number of thioether (sulfide) groups is 1. The van der Waals surface area contributed by atoms with Crippen LogP contribution in [0.15, 0.2) is 34.5 Å². The number of hydrogen-bond donors (Lipinski definition) is 3. The van der Waals surface area contributed by atoms with Crippen molar-refractivity contribution in [2.45, 2.75) is 37.8 Å². The maximum absolute atomic E-state index is 12.0. The molecule has 0 unspecified atom stereocenters. The monoisotopic (exact) mass is 359 g/mol. The van der Waals surface area contributed by atoms with Crippen LogP contribution in [-0.2, 0) is 4.79 Å². The quantitative estimate of drug-likeness (QED) is 0.415. The van der Waals surface area contributed by atoms with Crippen LogP contribution < -0.4 is 16.6 Å². The number of amides is 1. The minimum absolute atomic E-state index is 0.126. The molecule has 0 bridgehead atoms. The Labute approximate surface area is 150 Å². The van der Waals surface area contributed by atoms with Crippen molar-refractivity contribution in [2.24, 2.45) is 5.10 Å². The number of aryl methyl sites for hydroxylation is 1. The van der Waals surface area contributed by atoms with Gasteiger partial charge in [0, 0.05) is 11.4 Å². The van der Waals surface area contributed by atoms with E-state index in [1.165, 1.54) is 29.3 Å². The molecule has 1 aromatic carbocycles. The lowest BCUT2D eigenvalue weighted by Gasteiger charge is -2.06. The highest BCUT2D eigenvalue weighted by Gasteiger charge is 2.13. The summed E-state index contributed by atoms with van der Waals surface area (Å²) in [6.07, 6.45) is 4.36. The predicted octanol–water partition coefficient (Wildman–Crippen LogP) is 2.37. The average molecular weight is 359 g/mol. The number of aromatic nitrogens is 3. The Kier molecular flexibility index (Phi) is 5.54. The third-order valence-corrected chi connectivity index (χ3v) is 4.74. The highest BCUT2D eigenvalue weighted by molar-refractivity contribution is 7.99. The standard InChI is InChI=1S/C16H21N7OS/c1-11-5-4-8-13(9-11)18-14(24)10-25-16-22-21-15(23(16)17)20-19-12-6-2-3-7-12/h4-5,8-9H,2-3,6-7,10,17H2,1H3,(H,18,24)(H,20,21). The highest BCUT2D eigenvalue weighted by Crippen LogP contribution is 2.19. The summed E-state index contributed by atoms with van der Waals surface area (Å²) < 4.78 is 1.31. The molecular formula is C16H21N7OS. The summed E-state index contributed by atoms with van der Waals surface area (Å²) in [4.78, 5) is 12.0. The van der Waals surface area contributed by atoms with E-state index < -0.39 is 0 Å². The number of carbonyl (C=O) groups excluding carboxylic acids is 1. The first-order valence-corrected chi connectivity index (χ1v) is 9.11. The SMILES string of the molecule is Cc1cccc(NC(=O)CSc2nnc(NN=C3CCCC3)n2N)c1. The number of anilines is 2. The van der Waals surface area contributed by atoms with E-state index in [4.69, 9.17) is 5.84 Å². The summed E-state index contributed by atoms with van der Waals surface area (Å²) >= 11 is 1.22. The minimum Gasteiger partial charge on any atom is -0.334 e. The average Bonchev–Trinajstić information content (AvgIpc) is 3.21. The second-order valence-corrected chi connectivity index (χ2v) is 6.82. The van der Waals surface area contributed by atoms with Gasteiger partial charge in [-0.25, -0.2) is 10.1 Å². The zero-order chi connectivity index (χ0) is 17.6. The van der Waals surface area contributed by atoms with Crippen molar-refractivity contribution in [3.05, 3.63) is 29.8 Å². The zero-order valence-corrected chi connectivity index (χ0v) is 14.8. The lowest BCUT2D eigenvalue weighted by Crippen LogP contribution is -2.17. The molecule has 0 radical (unpaired) electrons. The fourth-order valence-electron chi connectivity index (χ4n) is 2.53. The molecule has 2 aromatic rings. The molecule has 0 aliphatic heterocycles. The number of hydrogen-bond acceptors (Lipinski definition) is 7. The van der Waals surface area contributed by atoms with E-state index in [0.29, 0.717) is 11.1 Å². The van der Waals surface area contributed by atoms with Crippen LogP contribution in [0.5, 0.6) is 0 Å². The van der Waals surface area contributed by atoms with Crippen LogP contribution >= 0.6 is 11.8 Å². The Morgan fingerprint density at radius 3 is 2.92 bits per heavy atom. The van der Waals surface area contributed by atoms with Crippen molar-refractivity contribution in [3.8, 4) is 0 Å².